The lowest BCUT2D eigenvalue weighted by Gasteiger charge is -2.41. The molecule has 1 heterocycles. The number of likely N-dealkylation sites (tertiary alicyclic amines) is 1. The number of anilines is 1. The third kappa shape index (κ3) is 3.21. The molecule has 0 aliphatic carbocycles. The minimum absolute atomic E-state index is 0.0698. The van der Waals surface area contributed by atoms with Crippen molar-refractivity contribution in [1.29, 1.82) is 0 Å². The van der Waals surface area contributed by atoms with Gasteiger partial charge in [0.1, 0.15) is 0 Å². The van der Waals surface area contributed by atoms with Gasteiger partial charge in [-0.1, -0.05) is 15.9 Å². The van der Waals surface area contributed by atoms with Crippen molar-refractivity contribution in [2.24, 2.45) is 5.73 Å². The average Bonchev–Trinajstić information content (AvgIpc) is 2.35. The largest absolute Gasteiger partial charge is 0.378 e. The normalized spacial score (nSPS) is 20.2. The summed E-state index contributed by atoms with van der Waals surface area (Å²) in [6, 6.07) is 8.31. The first kappa shape index (κ1) is 12.9. The van der Waals surface area contributed by atoms with Gasteiger partial charge in [-0.05, 0) is 44.2 Å². The summed E-state index contributed by atoms with van der Waals surface area (Å²) in [6.45, 7) is 2.92. The molecule has 17 heavy (non-hydrogen) atoms. The molecule has 0 saturated carbocycles. The van der Waals surface area contributed by atoms with Gasteiger partial charge in [-0.25, -0.2) is 0 Å². The molecule has 0 radical (unpaired) electrons. The van der Waals surface area contributed by atoms with Crippen molar-refractivity contribution in [3.63, 3.8) is 0 Å². The topological polar surface area (TPSA) is 41.3 Å². The zero-order valence-corrected chi connectivity index (χ0v) is 11.8. The zero-order valence-electron chi connectivity index (χ0n) is 10.2. The van der Waals surface area contributed by atoms with E-state index < -0.39 is 0 Å². The predicted molar refractivity (Wildman–Crippen MR) is 76.3 cm³/mol. The first-order chi connectivity index (χ1) is 8.13. The number of hydrogen-bond donors (Lipinski definition) is 2. The maximum Gasteiger partial charge on any atom is 0.0520 e. The number of nitrogens with zero attached hydrogens (tertiary/aromatic N) is 1. The second-order valence-electron chi connectivity index (χ2n) is 4.92. The summed E-state index contributed by atoms with van der Waals surface area (Å²) in [6.07, 6.45) is 2.21. The number of nitrogens with two attached hydrogens (primary N) is 1. The highest BCUT2D eigenvalue weighted by molar-refractivity contribution is 9.10. The van der Waals surface area contributed by atoms with Gasteiger partial charge in [0.05, 0.1) is 5.54 Å². The van der Waals surface area contributed by atoms with Gasteiger partial charge in [-0.2, -0.15) is 0 Å². The maximum atomic E-state index is 5.97. The number of halogens is 1. The first-order valence-corrected chi connectivity index (χ1v) is 6.85. The lowest BCUT2D eigenvalue weighted by Crippen LogP contribution is -2.52. The second kappa shape index (κ2) is 5.38. The van der Waals surface area contributed by atoms with E-state index in [1.165, 1.54) is 0 Å². The Bertz CT molecular complexity index is 355. The van der Waals surface area contributed by atoms with Crippen LogP contribution in [-0.2, 0) is 0 Å². The summed E-state index contributed by atoms with van der Waals surface area (Å²) in [4.78, 5) is 2.36. The van der Waals surface area contributed by atoms with Crippen LogP contribution >= 0.6 is 15.9 Å². The van der Waals surface area contributed by atoms with E-state index in [4.69, 9.17) is 5.73 Å². The Hall–Kier alpha value is -0.580. The van der Waals surface area contributed by atoms with Gasteiger partial charge < -0.3 is 16.0 Å². The Morgan fingerprint density at radius 2 is 1.88 bits per heavy atom. The molecular weight excluding hydrogens is 278 g/mol. The summed E-state index contributed by atoms with van der Waals surface area (Å²) in [7, 11) is 2.17. The number of piperidine rings is 1. The van der Waals surface area contributed by atoms with E-state index in [-0.39, 0.29) is 5.54 Å². The van der Waals surface area contributed by atoms with E-state index in [0.717, 1.165) is 36.1 Å². The van der Waals surface area contributed by atoms with E-state index in [0.29, 0.717) is 6.54 Å². The van der Waals surface area contributed by atoms with E-state index >= 15 is 0 Å². The highest BCUT2D eigenvalue weighted by Gasteiger charge is 2.32. The summed E-state index contributed by atoms with van der Waals surface area (Å²) in [5.74, 6) is 0. The van der Waals surface area contributed by atoms with Crippen LogP contribution in [0.4, 0.5) is 5.69 Å². The molecule has 1 saturated heterocycles. The third-order valence-corrected chi connectivity index (χ3v) is 4.12. The van der Waals surface area contributed by atoms with E-state index in [2.05, 4.69) is 57.5 Å². The summed E-state index contributed by atoms with van der Waals surface area (Å²) in [5, 5.41) is 3.62. The van der Waals surface area contributed by atoms with Crippen LogP contribution in [0.25, 0.3) is 0 Å². The molecule has 0 atom stereocenters. The molecule has 0 bridgehead atoms. The fraction of sp³-hybridized carbons (Fsp3) is 0.538. The molecule has 0 aromatic heterocycles. The van der Waals surface area contributed by atoms with Gasteiger partial charge in [0, 0.05) is 29.8 Å². The van der Waals surface area contributed by atoms with Crippen LogP contribution in [0.15, 0.2) is 28.7 Å². The molecule has 1 aliphatic heterocycles. The quantitative estimate of drug-likeness (QED) is 0.899. The molecule has 0 amide bonds. The zero-order chi connectivity index (χ0) is 12.3. The minimum Gasteiger partial charge on any atom is -0.378 e. The molecule has 1 aliphatic rings. The van der Waals surface area contributed by atoms with Gasteiger partial charge in [0.2, 0.25) is 0 Å². The number of benzene rings is 1. The van der Waals surface area contributed by atoms with Crippen molar-refractivity contribution in [3.05, 3.63) is 28.7 Å². The van der Waals surface area contributed by atoms with Gasteiger partial charge in [0.15, 0.2) is 0 Å². The molecule has 4 heteroatoms. The van der Waals surface area contributed by atoms with Crippen molar-refractivity contribution in [2.45, 2.75) is 18.4 Å². The smallest absolute Gasteiger partial charge is 0.0520 e. The van der Waals surface area contributed by atoms with Crippen LogP contribution in [-0.4, -0.2) is 37.1 Å². The summed E-state index contributed by atoms with van der Waals surface area (Å²) in [5.41, 5.74) is 7.20. The van der Waals surface area contributed by atoms with Crippen LogP contribution in [0, 0.1) is 0 Å². The van der Waals surface area contributed by atoms with Crippen LogP contribution in [0.2, 0.25) is 0 Å². The summed E-state index contributed by atoms with van der Waals surface area (Å²) >= 11 is 3.45. The lowest BCUT2D eigenvalue weighted by molar-refractivity contribution is 0.209. The second-order valence-corrected chi connectivity index (χ2v) is 5.84. The maximum absolute atomic E-state index is 5.97. The van der Waals surface area contributed by atoms with Crippen molar-refractivity contribution in [1.82, 2.24) is 4.90 Å². The lowest BCUT2D eigenvalue weighted by atomic mass is 9.87. The van der Waals surface area contributed by atoms with E-state index in [1.54, 1.807) is 0 Å². The van der Waals surface area contributed by atoms with Crippen molar-refractivity contribution >= 4 is 21.6 Å². The Kier molecular flexibility index (Phi) is 4.07. The minimum atomic E-state index is 0.0698. The number of nitrogens with one attached hydrogen (secondary N) is 1. The van der Waals surface area contributed by atoms with Gasteiger partial charge >= 0.3 is 0 Å². The third-order valence-electron chi connectivity index (χ3n) is 3.59. The fourth-order valence-electron chi connectivity index (χ4n) is 2.27. The Balaban J connectivity index is 2.06. The molecule has 3 N–H and O–H groups in total. The van der Waals surface area contributed by atoms with Gasteiger partial charge in [-0.3, -0.25) is 0 Å². The Morgan fingerprint density at radius 3 is 2.41 bits per heavy atom. The molecule has 2 rings (SSSR count). The average molecular weight is 298 g/mol. The van der Waals surface area contributed by atoms with Crippen LogP contribution in [0.1, 0.15) is 12.8 Å². The molecule has 1 aromatic carbocycles. The molecule has 94 valence electrons. The van der Waals surface area contributed by atoms with Crippen molar-refractivity contribution in [3.8, 4) is 0 Å². The molecular formula is C13H20BrN3. The number of rotatable bonds is 3. The standard InChI is InChI=1S/C13H20BrN3/c1-17-8-6-13(10-15,7-9-17)16-12-4-2-11(14)3-5-12/h2-5,16H,6-10,15H2,1H3. The monoisotopic (exact) mass is 297 g/mol. The van der Waals surface area contributed by atoms with E-state index in [9.17, 15) is 0 Å². The number of hydrogen-bond acceptors (Lipinski definition) is 3. The molecule has 0 spiro atoms. The van der Waals surface area contributed by atoms with Gasteiger partial charge in [0.25, 0.3) is 0 Å². The molecule has 1 fully saturated rings. The molecule has 0 unspecified atom stereocenters. The van der Waals surface area contributed by atoms with E-state index in [1.807, 2.05) is 0 Å². The van der Waals surface area contributed by atoms with Crippen LogP contribution in [0.5, 0.6) is 0 Å². The first-order valence-electron chi connectivity index (χ1n) is 6.06. The Morgan fingerprint density at radius 1 is 1.29 bits per heavy atom. The Labute approximate surface area is 111 Å². The highest BCUT2D eigenvalue weighted by Crippen LogP contribution is 2.26. The van der Waals surface area contributed by atoms with Crippen molar-refractivity contribution < 1.29 is 0 Å². The highest BCUT2D eigenvalue weighted by atomic mass is 79.9. The van der Waals surface area contributed by atoms with Gasteiger partial charge in [-0.15, -0.1) is 0 Å². The predicted octanol–water partition coefficient (Wildman–Crippen LogP) is 2.28. The SMILES string of the molecule is CN1CCC(CN)(Nc2ccc(Br)cc2)CC1. The van der Waals surface area contributed by atoms with Crippen molar-refractivity contribution in [2.75, 3.05) is 32.0 Å². The summed E-state index contributed by atoms with van der Waals surface area (Å²) < 4.78 is 1.10. The van der Waals surface area contributed by atoms with Crippen LogP contribution in [0.3, 0.4) is 0 Å². The molecule has 3 nitrogen and oxygen atoms in total. The fourth-order valence-corrected chi connectivity index (χ4v) is 2.53. The molecule has 1 aromatic rings. The van der Waals surface area contributed by atoms with Crippen LogP contribution < -0.4 is 11.1 Å².